The summed E-state index contributed by atoms with van der Waals surface area (Å²) in [5, 5.41) is 10.3. The molecule has 0 atom stereocenters. The van der Waals surface area contributed by atoms with Crippen LogP contribution in [0.4, 0.5) is 5.69 Å². The Bertz CT molecular complexity index is 817. The van der Waals surface area contributed by atoms with E-state index in [0.29, 0.717) is 13.1 Å². The van der Waals surface area contributed by atoms with Gasteiger partial charge in [-0.2, -0.15) is 0 Å². The lowest BCUT2D eigenvalue weighted by Crippen LogP contribution is -2.37. The Kier molecular flexibility index (Phi) is 12.8. The van der Waals surface area contributed by atoms with E-state index in [2.05, 4.69) is 20.9 Å². The zero-order chi connectivity index (χ0) is 21.1. The maximum absolute atomic E-state index is 11.9. The second-order valence-electron chi connectivity index (χ2n) is 6.64. The fraction of sp³-hybridized carbons (Fsp3) is 0.333. The van der Waals surface area contributed by atoms with E-state index in [4.69, 9.17) is 11.6 Å². The summed E-state index contributed by atoms with van der Waals surface area (Å²) in [6.45, 7) is 1.75. The Balaban J connectivity index is 0.00000450. The van der Waals surface area contributed by atoms with Crippen LogP contribution in [0.5, 0.6) is 0 Å². The molecule has 9 heteroatoms. The largest absolute Gasteiger partial charge is 0.356 e. The number of hydrogen-bond acceptors (Lipinski definition) is 4. The summed E-state index contributed by atoms with van der Waals surface area (Å²) < 4.78 is 0. The van der Waals surface area contributed by atoms with Crippen LogP contribution >= 0.6 is 47.3 Å². The second-order valence-corrected chi connectivity index (χ2v) is 8.25. The number of anilines is 1. The van der Waals surface area contributed by atoms with Crippen molar-refractivity contribution in [2.24, 2.45) is 4.99 Å². The fourth-order valence-corrected chi connectivity index (χ4v) is 3.42. The summed E-state index contributed by atoms with van der Waals surface area (Å²) in [4.78, 5) is 19.2. The highest BCUT2D eigenvalue weighted by Crippen LogP contribution is 2.19. The van der Waals surface area contributed by atoms with Crippen LogP contribution in [0.25, 0.3) is 0 Å². The molecule has 0 saturated heterocycles. The molecule has 2 rings (SSSR count). The smallest absolute Gasteiger partial charge is 0.238 e. The van der Waals surface area contributed by atoms with Gasteiger partial charge in [-0.3, -0.25) is 9.79 Å². The van der Waals surface area contributed by atoms with Gasteiger partial charge in [-0.05, 0) is 56.1 Å². The number of amides is 1. The van der Waals surface area contributed by atoms with E-state index in [1.807, 2.05) is 67.5 Å². The first-order valence-corrected chi connectivity index (χ1v) is 10.7. The minimum atomic E-state index is -0.0317. The molecule has 3 N–H and O–H groups in total. The number of likely N-dealkylation sites (N-methyl/N-ethyl adjacent to an activating group) is 1. The van der Waals surface area contributed by atoms with Crippen molar-refractivity contribution >= 4 is 64.9 Å². The van der Waals surface area contributed by atoms with Gasteiger partial charge in [0.25, 0.3) is 0 Å². The van der Waals surface area contributed by atoms with Crippen LogP contribution in [-0.4, -0.2) is 56.8 Å². The Labute approximate surface area is 205 Å². The van der Waals surface area contributed by atoms with Crippen molar-refractivity contribution in [2.75, 3.05) is 45.3 Å². The SMILES string of the molecule is CN=C(NCCSc1ccc(Cl)cc1)NCc1cccc(NC(=O)CN(C)C)c1.I. The zero-order valence-corrected chi connectivity index (χ0v) is 21.3. The third-order valence-electron chi connectivity index (χ3n) is 3.83. The molecule has 0 radical (unpaired) electrons. The molecule has 2 aromatic rings. The number of halogens is 2. The van der Waals surface area contributed by atoms with Crippen molar-refractivity contribution in [3.05, 3.63) is 59.1 Å². The normalized spacial score (nSPS) is 11.0. The standard InChI is InChI=1S/C21H28ClN5OS.HI/c1-23-21(24-11-12-29-19-9-7-17(22)8-10-19)25-14-16-5-4-6-18(13-16)26-20(28)15-27(2)3;/h4-10,13H,11-12,14-15H2,1-3H3,(H,26,28)(H2,23,24,25);1H. The van der Waals surface area contributed by atoms with Gasteiger partial charge in [0.15, 0.2) is 5.96 Å². The molecule has 0 bridgehead atoms. The molecule has 0 unspecified atom stereocenters. The Morgan fingerprint density at radius 3 is 2.53 bits per heavy atom. The van der Waals surface area contributed by atoms with Crippen LogP contribution in [0, 0.1) is 0 Å². The van der Waals surface area contributed by atoms with Crippen LogP contribution in [0.1, 0.15) is 5.56 Å². The van der Waals surface area contributed by atoms with Crippen molar-refractivity contribution in [1.29, 1.82) is 0 Å². The zero-order valence-electron chi connectivity index (χ0n) is 17.4. The molecule has 30 heavy (non-hydrogen) atoms. The quantitative estimate of drug-likeness (QED) is 0.142. The third-order valence-corrected chi connectivity index (χ3v) is 5.10. The molecular formula is C21H29ClIN5OS. The number of rotatable bonds is 9. The lowest BCUT2D eigenvalue weighted by molar-refractivity contribution is -0.116. The molecule has 0 aliphatic carbocycles. The van der Waals surface area contributed by atoms with E-state index >= 15 is 0 Å². The Morgan fingerprint density at radius 2 is 1.87 bits per heavy atom. The minimum Gasteiger partial charge on any atom is -0.356 e. The van der Waals surface area contributed by atoms with E-state index < -0.39 is 0 Å². The molecule has 0 saturated carbocycles. The van der Waals surface area contributed by atoms with Gasteiger partial charge in [-0.15, -0.1) is 35.7 Å². The fourth-order valence-electron chi connectivity index (χ4n) is 2.52. The first kappa shape index (κ1) is 26.5. The molecular weight excluding hydrogens is 533 g/mol. The Hall–Kier alpha value is -1.49. The van der Waals surface area contributed by atoms with Crippen LogP contribution in [0.15, 0.2) is 58.4 Å². The van der Waals surface area contributed by atoms with E-state index in [1.165, 1.54) is 4.90 Å². The molecule has 6 nitrogen and oxygen atoms in total. The van der Waals surface area contributed by atoms with Gasteiger partial charge in [0.05, 0.1) is 6.54 Å². The maximum Gasteiger partial charge on any atom is 0.238 e. The second kappa shape index (κ2) is 14.5. The summed E-state index contributed by atoms with van der Waals surface area (Å²) in [6.07, 6.45) is 0. The number of guanidine groups is 1. The van der Waals surface area contributed by atoms with Crippen molar-refractivity contribution in [3.8, 4) is 0 Å². The summed E-state index contributed by atoms with van der Waals surface area (Å²) in [6, 6.07) is 15.6. The van der Waals surface area contributed by atoms with Gasteiger partial charge in [0, 0.05) is 41.5 Å². The molecule has 0 heterocycles. The number of hydrogen-bond donors (Lipinski definition) is 3. The number of carbonyl (C=O) groups excluding carboxylic acids is 1. The predicted molar refractivity (Wildman–Crippen MR) is 139 cm³/mol. The van der Waals surface area contributed by atoms with Gasteiger partial charge in [0.1, 0.15) is 0 Å². The summed E-state index contributed by atoms with van der Waals surface area (Å²) >= 11 is 7.67. The number of nitrogens with one attached hydrogen (secondary N) is 3. The molecule has 0 aromatic heterocycles. The maximum atomic E-state index is 11.9. The van der Waals surface area contributed by atoms with Gasteiger partial charge in [0.2, 0.25) is 5.91 Å². The molecule has 0 spiro atoms. The first-order chi connectivity index (χ1) is 14.0. The Morgan fingerprint density at radius 1 is 1.13 bits per heavy atom. The molecule has 0 aliphatic heterocycles. The van der Waals surface area contributed by atoms with Crippen LogP contribution < -0.4 is 16.0 Å². The van der Waals surface area contributed by atoms with Crippen LogP contribution in [-0.2, 0) is 11.3 Å². The average molecular weight is 562 g/mol. The summed E-state index contributed by atoms with van der Waals surface area (Å²) in [5.41, 5.74) is 1.85. The average Bonchev–Trinajstić information content (AvgIpc) is 2.68. The minimum absolute atomic E-state index is 0. The van der Waals surface area contributed by atoms with Crippen LogP contribution in [0.3, 0.4) is 0 Å². The highest BCUT2D eigenvalue weighted by molar-refractivity contribution is 14.0. The van der Waals surface area contributed by atoms with Crippen molar-refractivity contribution < 1.29 is 4.79 Å². The van der Waals surface area contributed by atoms with Crippen molar-refractivity contribution in [3.63, 3.8) is 0 Å². The van der Waals surface area contributed by atoms with E-state index in [0.717, 1.165) is 34.5 Å². The highest BCUT2D eigenvalue weighted by atomic mass is 127. The van der Waals surface area contributed by atoms with Crippen molar-refractivity contribution in [1.82, 2.24) is 15.5 Å². The monoisotopic (exact) mass is 561 g/mol. The van der Waals surface area contributed by atoms with E-state index in [1.54, 1.807) is 18.8 Å². The molecule has 0 aliphatic rings. The number of nitrogens with zero attached hydrogens (tertiary/aromatic N) is 2. The summed E-state index contributed by atoms with van der Waals surface area (Å²) in [5.74, 6) is 1.62. The molecule has 2 aromatic carbocycles. The molecule has 0 fully saturated rings. The lowest BCUT2D eigenvalue weighted by Gasteiger charge is -2.13. The highest BCUT2D eigenvalue weighted by Gasteiger charge is 2.05. The number of benzene rings is 2. The van der Waals surface area contributed by atoms with E-state index in [9.17, 15) is 4.79 Å². The number of carbonyl (C=O) groups is 1. The van der Waals surface area contributed by atoms with Gasteiger partial charge in [-0.1, -0.05) is 23.7 Å². The number of thioether (sulfide) groups is 1. The lowest BCUT2D eigenvalue weighted by atomic mass is 10.2. The predicted octanol–water partition coefficient (Wildman–Crippen LogP) is 3.92. The summed E-state index contributed by atoms with van der Waals surface area (Å²) in [7, 11) is 5.48. The first-order valence-electron chi connectivity index (χ1n) is 9.32. The van der Waals surface area contributed by atoms with Gasteiger partial charge >= 0.3 is 0 Å². The topological polar surface area (TPSA) is 68.8 Å². The number of aliphatic imine (C=N–C) groups is 1. The van der Waals surface area contributed by atoms with Crippen LogP contribution in [0.2, 0.25) is 5.02 Å². The molecule has 1 amide bonds. The molecule has 164 valence electrons. The van der Waals surface area contributed by atoms with Gasteiger partial charge < -0.3 is 20.9 Å². The van der Waals surface area contributed by atoms with Crippen molar-refractivity contribution in [2.45, 2.75) is 11.4 Å². The van der Waals surface area contributed by atoms with E-state index in [-0.39, 0.29) is 29.9 Å². The van der Waals surface area contributed by atoms with Gasteiger partial charge in [-0.25, -0.2) is 0 Å². The third kappa shape index (κ3) is 10.5.